The van der Waals surface area contributed by atoms with E-state index in [0.29, 0.717) is 31.3 Å². The zero-order chi connectivity index (χ0) is 22.4. The summed E-state index contributed by atoms with van der Waals surface area (Å²) in [6, 6.07) is 0.175. The van der Waals surface area contributed by atoms with Gasteiger partial charge in [-0.3, -0.25) is 19.0 Å². The fraction of sp³-hybridized carbons (Fsp3) is 0.652. The molecular formula is C23H30N4O3S2. The maximum absolute atomic E-state index is 13.5. The van der Waals surface area contributed by atoms with Crippen molar-refractivity contribution < 1.29 is 9.59 Å². The summed E-state index contributed by atoms with van der Waals surface area (Å²) in [5.74, 6) is 0.806. The molecule has 0 unspecified atom stereocenters. The monoisotopic (exact) mass is 474 g/mol. The number of hydrogen-bond donors (Lipinski definition) is 0. The molecule has 2 amide bonds. The van der Waals surface area contributed by atoms with E-state index in [4.69, 9.17) is 4.98 Å². The standard InChI is InChI=1S/C23H30N4O3S2/c1-14-15(2)32-20-19(14)22(30)27(17-5-3-4-6-17)23(24-20)31-13-18(28)25-9-11-26(12-10-25)21(29)16-7-8-16/h16-17H,3-13H2,1-2H3. The fourth-order valence-electron chi connectivity index (χ4n) is 4.86. The number of aryl methyl sites for hydroxylation is 2. The van der Waals surface area contributed by atoms with E-state index in [1.807, 2.05) is 28.2 Å². The molecule has 3 fully saturated rings. The van der Waals surface area contributed by atoms with Gasteiger partial charge in [-0.25, -0.2) is 4.98 Å². The summed E-state index contributed by atoms with van der Waals surface area (Å²) in [6.07, 6.45) is 6.27. The van der Waals surface area contributed by atoms with Crippen molar-refractivity contribution >= 4 is 45.1 Å². The minimum Gasteiger partial charge on any atom is -0.339 e. The molecule has 2 saturated carbocycles. The molecular weight excluding hydrogens is 444 g/mol. The number of carbonyl (C=O) groups is 2. The van der Waals surface area contributed by atoms with Gasteiger partial charge in [0, 0.05) is 43.0 Å². The van der Waals surface area contributed by atoms with Crippen LogP contribution in [0.1, 0.15) is 55.0 Å². The van der Waals surface area contributed by atoms with Gasteiger partial charge in [-0.2, -0.15) is 0 Å². The molecule has 0 radical (unpaired) electrons. The third-order valence-electron chi connectivity index (χ3n) is 7.09. The van der Waals surface area contributed by atoms with E-state index in [9.17, 15) is 14.4 Å². The fourth-order valence-corrected chi connectivity index (χ4v) is 6.90. The predicted molar refractivity (Wildman–Crippen MR) is 127 cm³/mol. The van der Waals surface area contributed by atoms with Gasteiger partial charge in [-0.1, -0.05) is 24.6 Å². The van der Waals surface area contributed by atoms with E-state index in [1.54, 1.807) is 11.3 Å². The number of aromatic nitrogens is 2. The van der Waals surface area contributed by atoms with E-state index >= 15 is 0 Å². The summed E-state index contributed by atoms with van der Waals surface area (Å²) in [7, 11) is 0. The number of nitrogens with zero attached hydrogens (tertiary/aromatic N) is 4. The van der Waals surface area contributed by atoms with Crippen LogP contribution in [0.5, 0.6) is 0 Å². The lowest BCUT2D eigenvalue weighted by molar-refractivity contribution is -0.139. The zero-order valence-electron chi connectivity index (χ0n) is 18.8. The summed E-state index contributed by atoms with van der Waals surface area (Å²) in [5, 5.41) is 1.41. The van der Waals surface area contributed by atoms with E-state index in [-0.39, 0.29) is 35.1 Å². The maximum Gasteiger partial charge on any atom is 0.263 e. The second-order valence-electron chi connectivity index (χ2n) is 9.24. The molecule has 3 aliphatic rings. The van der Waals surface area contributed by atoms with Gasteiger partial charge in [0.2, 0.25) is 11.8 Å². The van der Waals surface area contributed by atoms with Gasteiger partial charge in [-0.05, 0) is 45.1 Å². The van der Waals surface area contributed by atoms with Crippen molar-refractivity contribution in [3.63, 3.8) is 0 Å². The van der Waals surface area contributed by atoms with Crippen LogP contribution in [-0.4, -0.2) is 63.1 Å². The van der Waals surface area contributed by atoms with Crippen LogP contribution in [0.2, 0.25) is 0 Å². The van der Waals surface area contributed by atoms with E-state index in [2.05, 4.69) is 0 Å². The van der Waals surface area contributed by atoms with Gasteiger partial charge in [0.1, 0.15) is 4.83 Å². The summed E-state index contributed by atoms with van der Waals surface area (Å²) >= 11 is 2.95. The van der Waals surface area contributed by atoms with Crippen LogP contribution >= 0.6 is 23.1 Å². The van der Waals surface area contributed by atoms with Gasteiger partial charge in [0.25, 0.3) is 5.56 Å². The highest BCUT2D eigenvalue weighted by molar-refractivity contribution is 7.99. The summed E-state index contributed by atoms with van der Waals surface area (Å²) in [5.41, 5.74) is 1.08. The predicted octanol–water partition coefficient (Wildman–Crippen LogP) is 3.36. The Balaban J connectivity index is 1.31. The Bertz CT molecular complexity index is 1110. The van der Waals surface area contributed by atoms with Crippen LogP contribution in [0.4, 0.5) is 0 Å². The van der Waals surface area contributed by atoms with Crippen molar-refractivity contribution in [1.29, 1.82) is 0 Å². The Morgan fingerprint density at radius 2 is 1.69 bits per heavy atom. The molecule has 2 aromatic rings. The van der Waals surface area contributed by atoms with Crippen molar-refractivity contribution in [2.45, 2.75) is 63.6 Å². The molecule has 5 rings (SSSR count). The van der Waals surface area contributed by atoms with Crippen molar-refractivity contribution in [3.05, 3.63) is 20.8 Å². The zero-order valence-corrected chi connectivity index (χ0v) is 20.4. The minimum absolute atomic E-state index is 0.0471. The number of carbonyl (C=O) groups excluding carboxylic acids is 2. The Hall–Kier alpha value is -1.87. The Kier molecular flexibility index (Phi) is 6.05. The molecule has 9 heteroatoms. The molecule has 0 atom stereocenters. The number of fused-ring (bicyclic) bond motifs is 1. The second kappa shape index (κ2) is 8.82. The van der Waals surface area contributed by atoms with Gasteiger partial charge in [-0.15, -0.1) is 11.3 Å². The molecule has 172 valence electrons. The van der Waals surface area contributed by atoms with Crippen LogP contribution in [0, 0.1) is 19.8 Å². The quantitative estimate of drug-likeness (QED) is 0.491. The third kappa shape index (κ3) is 4.09. The average Bonchev–Trinajstić information content (AvgIpc) is 3.43. The van der Waals surface area contributed by atoms with E-state index in [1.165, 1.54) is 11.8 Å². The third-order valence-corrected chi connectivity index (χ3v) is 9.13. The molecule has 0 aromatic carbocycles. The highest BCUT2D eigenvalue weighted by atomic mass is 32.2. The molecule has 7 nitrogen and oxygen atoms in total. The van der Waals surface area contributed by atoms with Crippen LogP contribution in [0.25, 0.3) is 10.2 Å². The first kappa shape index (κ1) is 21.9. The lowest BCUT2D eigenvalue weighted by Gasteiger charge is -2.35. The van der Waals surface area contributed by atoms with Crippen LogP contribution < -0.4 is 5.56 Å². The average molecular weight is 475 g/mol. The van der Waals surface area contributed by atoms with Crippen molar-refractivity contribution in [3.8, 4) is 0 Å². The molecule has 32 heavy (non-hydrogen) atoms. The van der Waals surface area contributed by atoms with Crippen LogP contribution in [0.15, 0.2) is 9.95 Å². The van der Waals surface area contributed by atoms with Crippen LogP contribution in [0.3, 0.4) is 0 Å². The van der Waals surface area contributed by atoms with E-state index < -0.39 is 0 Å². The topological polar surface area (TPSA) is 75.5 Å². The molecule has 0 N–H and O–H groups in total. The van der Waals surface area contributed by atoms with Crippen molar-refractivity contribution in [2.24, 2.45) is 5.92 Å². The van der Waals surface area contributed by atoms with Gasteiger partial charge in [0.05, 0.1) is 11.1 Å². The smallest absolute Gasteiger partial charge is 0.263 e. The molecule has 1 saturated heterocycles. The van der Waals surface area contributed by atoms with Gasteiger partial charge < -0.3 is 9.80 Å². The Labute approximate surface area is 196 Å². The highest BCUT2D eigenvalue weighted by Gasteiger charge is 2.35. The van der Waals surface area contributed by atoms with E-state index in [0.717, 1.165) is 59.2 Å². The maximum atomic E-state index is 13.5. The van der Waals surface area contributed by atoms with Crippen molar-refractivity contribution in [2.75, 3.05) is 31.9 Å². The number of piperazine rings is 1. The number of rotatable bonds is 5. The van der Waals surface area contributed by atoms with Crippen LogP contribution in [-0.2, 0) is 9.59 Å². The summed E-state index contributed by atoms with van der Waals surface area (Å²) in [6.45, 7) is 6.45. The first-order valence-electron chi connectivity index (χ1n) is 11.7. The minimum atomic E-state index is 0.0471. The molecule has 1 aliphatic heterocycles. The highest BCUT2D eigenvalue weighted by Crippen LogP contribution is 2.35. The second-order valence-corrected chi connectivity index (χ2v) is 11.4. The van der Waals surface area contributed by atoms with Gasteiger partial charge in [0.15, 0.2) is 5.16 Å². The lowest BCUT2D eigenvalue weighted by atomic mass is 10.2. The van der Waals surface area contributed by atoms with Gasteiger partial charge >= 0.3 is 0 Å². The first-order valence-corrected chi connectivity index (χ1v) is 13.5. The SMILES string of the molecule is Cc1sc2nc(SCC(=O)N3CCN(C(=O)C4CC4)CC3)n(C3CCCC3)c(=O)c2c1C. The number of hydrogen-bond acceptors (Lipinski definition) is 6. The largest absolute Gasteiger partial charge is 0.339 e. The number of amides is 2. The Morgan fingerprint density at radius 1 is 1.03 bits per heavy atom. The first-order chi connectivity index (χ1) is 15.4. The number of thiophene rings is 1. The normalized spacial score (nSPS) is 19.8. The molecule has 0 spiro atoms. The Morgan fingerprint density at radius 3 is 2.34 bits per heavy atom. The van der Waals surface area contributed by atoms with Crippen molar-refractivity contribution in [1.82, 2.24) is 19.4 Å². The summed E-state index contributed by atoms with van der Waals surface area (Å²) in [4.78, 5) is 49.2. The number of thioether (sulfide) groups is 1. The molecule has 2 aromatic heterocycles. The molecule has 0 bridgehead atoms. The summed E-state index contributed by atoms with van der Waals surface area (Å²) < 4.78 is 1.87. The molecule has 3 heterocycles. The molecule has 2 aliphatic carbocycles. The lowest BCUT2D eigenvalue weighted by Crippen LogP contribution is -2.51.